The van der Waals surface area contributed by atoms with Crippen molar-refractivity contribution in [3.05, 3.63) is 54.0 Å². The first-order chi connectivity index (χ1) is 12.7. The first-order valence-electron chi connectivity index (χ1n) is 9.28. The van der Waals surface area contributed by atoms with Crippen LogP contribution in [0.2, 0.25) is 0 Å². The molecule has 138 valence electrons. The summed E-state index contributed by atoms with van der Waals surface area (Å²) in [5, 5.41) is 7.34. The van der Waals surface area contributed by atoms with Crippen LogP contribution in [0.25, 0.3) is 0 Å². The molecule has 6 nitrogen and oxygen atoms in total. The quantitative estimate of drug-likeness (QED) is 0.802. The van der Waals surface area contributed by atoms with Crippen LogP contribution in [-0.4, -0.2) is 32.7 Å². The Balaban J connectivity index is 1.57. The van der Waals surface area contributed by atoms with Crippen LogP contribution in [0.15, 0.2) is 42.7 Å². The number of urea groups is 1. The van der Waals surface area contributed by atoms with Gasteiger partial charge in [0.2, 0.25) is 0 Å². The maximum absolute atomic E-state index is 12.5. The van der Waals surface area contributed by atoms with Crippen LogP contribution in [0, 0.1) is 5.92 Å². The van der Waals surface area contributed by atoms with Crippen molar-refractivity contribution in [3.8, 4) is 0 Å². The molecule has 3 rings (SSSR count). The lowest BCUT2D eigenvalue weighted by atomic mass is 9.94. The number of aryl methyl sites for hydroxylation is 1. The lowest BCUT2D eigenvalue weighted by molar-refractivity contribution is 0.220. The predicted molar refractivity (Wildman–Crippen MR) is 103 cm³/mol. The maximum atomic E-state index is 12.5. The van der Waals surface area contributed by atoms with Gasteiger partial charge in [0.25, 0.3) is 0 Å². The molecule has 0 unspecified atom stereocenters. The average Bonchev–Trinajstić information content (AvgIpc) is 3.09. The molecule has 0 spiro atoms. The molecule has 1 aliphatic rings. The van der Waals surface area contributed by atoms with Gasteiger partial charge in [-0.3, -0.25) is 10.3 Å². The van der Waals surface area contributed by atoms with E-state index in [1.54, 1.807) is 18.1 Å². The Morgan fingerprint density at radius 1 is 1.35 bits per heavy atom. The topological polar surface area (TPSA) is 63.1 Å². The SMILES string of the molecule is CCc1ccc(CN(C)C(=O)Nc2ccnn2C[C@@H]2CC=CCC2)nc1. The summed E-state index contributed by atoms with van der Waals surface area (Å²) in [6, 6.07) is 5.72. The molecule has 2 aromatic rings. The minimum atomic E-state index is -0.156. The number of pyridine rings is 1. The summed E-state index contributed by atoms with van der Waals surface area (Å²) < 4.78 is 1.89. The molecule has 0 saturated carbocycles. The smallest absolute Gasteiger partial charge is 0.322 e. The van der Waals surface area contributed by atoms with Crippen molar-refractivity contribution in [2.75, 3.05) is 12.4 Å². The second kappa shape index (κ2) is 8.65. The Morgan fingerprint density at radius 3 is 2.92 bits per heavy atom. The zero-order valence-corrected chi connectivity index (χ0v) is 15.6. The van der Waals surface area contributed by atoms with Crippen molar-refractivity contribution in [3.63, 3.8) is 0 Å². The second-order valence-electron chi connectivity index (χ2n) is 6.85. The largest absolute Gasteiger partial charge is 0.323 e. The first kappa shape index (κ1) is 18.2. The summed E-state index contributed by atoms with van der Waals surface area (Å²) in [5.41, 5.74) is 2.07. The fourth-order valence-corrected chi connectivity index (χ4v) is 3.13. The minimum absolute atomic E-state index is 0.156. The number of carbonyl (C=O) groups excluding carboxylic acids is 1. The number of allylic oxidation sites excluding steroid dienone is 2. The van der Waals surface area contributed by atoms with Crippen LogP contribution in [0.4, 0.5) is 10.6 Å². The van der Waals surface area contributed by atoms with E-state index in [0.717, 1.165) is 37.3 Å². The summed E-state index contributed by atoms with van der Waals surface area (Å²) in [6.45, 7) is 3.40. The molecule has 0 saturated heterocycles. The third-order valence-corrected chi connectivity index (χ3v) is 4.80. The van der Waals surface area contributed by atoms with Crippen molar-refractivity contribution in [1.29, 1.82) is 0 Å². The van der Waals surface area contributed by atoms with Gasteiger partial charge in [-0.15, -0.1) is 0 Å². The zero-order valence-electron chi connectivity index (χ0n) is 15.6. The van der Waals surface area contributed by atoms with Crippen molar-refractivity contribution in [2.24, 2.45) is 5.92 Å². The Bertz CT molecular complexity index is 750. The third kappa shape index (κ3) is 4.71. The number of hydrogen-bond acceptors (Lipinski definition) is 3. The van der Waals surface area contributed by atoms with Crippen LogP contribution in [-0.2, 0) is 19.5 Å². The highest BCUT2D eigenvalue weighted by Crippen LogP contribution is 2.21. The van der Waals surface area contributed by atoms with E-state index in [2.05, 4.69) is 40.5 Å². The highest BCUT2D eigenvalue weighted by Gasteiger charge is 2.16. The highest BCUT2D eigenvalue weighted by molar-refractivity contribution is 5.88. The fraction of sp³-hybridized carbons (Fsp3) is 0.450. The van der Waals surface area contributed by atoms with Crippen LogP contribution in [0.5, 0.6) is 0 Å². The molecular formula is C20H27N5O. The molecule has 1 atom stereocenters. The van der Waals surface area contributed by atoms with Crippen molar-refractivity contribution >= 4 is 11.8 Å². The van der Waals surface area contributed by atoms with Crippen LogP contribution < -0.4 is 5.32 Å². The molecule has 0 radical (unpaired) electrons. The van der Waals surface area contributed by atoms with Crippen LogP contribution >= 0.6 is 0 Å². The van der Waals surface area contributed by atoms with Gasteiger partial charge in [0.1, 0.15) is 5.82 Å². The molecule has 0 bridgehead atoms. The lowest BCUT2D eigenvalue weighted by Gasteiger charge is -2.21. The van der Waals surface area contributed by atoms with E-state index in [0.29, 0.717) is 12.5 Å². The van der Waals surface area contributed by atoms with Crippen molar-refractivity contribution in [1.82, 2.24) is 19.7 Å². The number of anilines is 1. The monoisotopic (exact) mass is 353 g/mol. The molecular weight excluding hydrogens is 326 g/mol. The summed E-state index contributed by atoms with van der Waals surface area (Å²) in [6.07, 6.45) is 12.4. The highest BCUT2D eigenvalue weighted by atomic mass is 16.2. The maximum Gasteiger partial charge on any atom is 0.323 e. The Morgan fingerprint density at radius 2 is 2.23 bits per heavy atom. The lowest BCUT2D eigenvalue weighted by Crippen LogP contribution is -2.32. The number of hydrogen-bond donors (Lipinski definition) is 1. The Hall–Kier alpha value is -2.63. The Kier molecular flexibility index (Phi) is 6.04. The molecule has 0 fully saturated rings. The van der Waals surface area contributed by atoms with Gasteiger partial charge in [-0.25, -0.2) is 9.48 Å². The normalized spacial score (nSPS) is 16.5. The molecule has 2 amide bonds. The molecule has 0 aromatic carbocycles. The third-order valence-electron chi connectivity index (χ3n) is 4.80. The summed E-state index contributed by atoms with van der Waals surface area (Å²) in [7, 11) is 1.78. The van der Waals surface area contributed by atoms with Gasteiger partial charge in [-0.05, 0) is 43.2 Å². The minimum Gasteiger partial charge on any atom is -0.322 e. The summed E-state index contributed by atoms with van der Waals surface area (Å²) in [4.78, 5) is 18.6. The van der Waals surface area contributed by atoms with Gasteiger partial charge in [-0.2, -0.15) is 5.10 Å². The number of carbonyl (C=O) groups is 1. The van der Waals surface area contributed by atoms with Gasteiger partial charge in [0, 0.05) is 25.9 Å². The van der Waals surface area contributed by atoms with E-state index < -0.39 is 0 Å². The molecule has 0 aliphatic heterocycles. The number of nitrogens with zero attached hydrogens (tertiary/aromatic N) is 4. The standard InChI is InChI=1S/C20H27N5O/c1-3-16-9-10-18(21-13-16)15-24(2)20(26)23-19-11-12-22-25(19)14-17-7-5-4-6-8-17/h4-5,9-13,17H,3,6-8,14-15H2,1-2H3,(H,23,26)/t17-/m1/s1. The van der Waals surface area contributed by atoms with Gasteiger partial charge >= 0.3 is 6.03 Å². The number of amides is 2. The Labute approximate surface area is 154 Å². The van der Waals surface area contributed by atoms with E-state index in [1.807, 2.05) is 23.0 Å². The van der Waals surface area contributed by atoms with E-state index in [4.69, 9.17) is 0 Å². The second-order valence-corrected chi connectivity index (χ2v) is 6.85. The van der Waals surface area contributed by atoms with E-state index in [-0.39, 0.29) is 6.03 Å². The summed E-state index contributed by atoms with van der Waals surface area (Å²) >= 11 is 0. The number of nitrogens with one attached hydrogen (secondary N) is 1. The molecule has 2 heterocycles. The number of aromatic nitrogens is 3. The van der Waals surface area contributed by atoms with Crippen molar-refractivity contribution < 1.29 is 4.79 Å². The molecule has 26 heavy (non-hydrogen) atoms. The van der Waals surface area contributed by atoms with Crippen LogP contribution in [0.3, 0.4) is 0 Å². The molecule has 2 aromatic heterocycles. The fourth-order valence-electron chi connectivity index (χ4n) is 3.13. The van der Waals surface area contributed by atoms with Crippen LogP contribution in [0.1, 0.15) is 37.4 Å². The van der Waals surface area contributed by atoms with Gasteiger partial charge in [-0.1, -0.05) is 25.1 Å². The average molecular weight is 353 g/mol. The number of rotatable bonds is 6. The van der Waals surface area contributed by atoms with Gasteiger partial charge < -0.3 is 4.90 Å². The van der Waals surface area contributed by atoms with Gasteiger partial charge in [0.15, 0.2) is 0 Å². The first-order valence-corrected chi connectivity index (χ1v) is 9.28. The predicted octanol–water partition coefficient (Wildman–Crippen LogP) is 3.86. The molecule has 1 N–H and O–H groups in total. The van der Waals surface area contributed by atoms with E-state index >= 15 is 0 Å². The van der Waals surface area contributed by atoms with E-state index in [1.165, 1.54) is 12.0 Å². The molecule has 1 aliphatic carbocycles. The van der Waals surface area contributed by atoms with Crippen molar-refractivity contribution in [2.45, 2.75) is 45.7 Å². The zero-order chi connectivity index (χ0) is 18.4. The van der Waals surface area contributed by atoms with E-state index in [9.17, 15) is 4.79 Å². The summed E-state index contributed by atoms with van der Waals surface area (Å²) in [5.74, 6) is 1.32. The molecule has 6 heteroatoms. The van der Waals surface area contributed by atoms with Gasteiger partial charge in [0.05, 0.1) is 18.4 Å².